The van der Waals surface area contributed by atoms with Crippen molar-refractivity contribution in [2.24, 2.45) is 4.99 Å². The Balaban J connectivity index is 0.00000784. The summed E-state index contributed by atoms with van der Waals surface area (Å²) in [7, 11) is 3.30. The molecule has 29 heavy (non-hydrogen) atoms. The van der Waals surface area contributed by atoms with E-state index in [1.54, 1.807) is 20.4 Å². The number of nitrogens with one attached hydrogen (secondary N) is 3. The summed E-state index contributed by atoms with van der Waals surface area (Å²) in [6.07, 6.45) is 2.81. The number of pyridine rings is 1. The van der Waals surface area contributed by atoms with Gasteiger partial charge in [-0.05, 0) is 45.2 Å². The molecule has 0 aliphatic heterocycles. The molecule has 0 saturated carbocycles. The van der Waals surface area contributed by atoms with E-state index >= 15 is 0 Å². The Hall–Kier alpha value is -1.78. The number of halogens is 1. The summed E-state index contributed by atoms with van der Waals surface area (Å²) in [5.41, 5.74) is 0.0623. The average molecular weight is 521 g/mol. The molecule has 0 atom stereocenters. The van der Waals surface area contributed by atoms with Crippen LogP contribution in [0.2, 0.25) is 0 Å². The van der Waals surface area contributed by atoms with Gasteiger partial charge in [0.25, 0.3) is 0 Å². The molecule has 0 aromatic carbocycles. The lowest BCUT2D eigenvalue weighted by molar-refractivity contribution is 0.0448. The molecular formula is C20H36IN5O3. The van der Waals surface area contributed by atoms with Gasteiger partial charge in [0.2, 0.25) is 5.88 Å². The van der Waals surface area contributed by atoms with Gasteiger partial charge in [-0.15, -0.1) is 24.0 Å². The van der Waals surface area contributed by atoms with Gasteiger partial charge < -0.3 is 25.4 Å². The minimum atomic E-state index is -0.534. The molecule has 1 aromatic heterocycles. The van der Waals surface area contributed by atoms with Crippen LogP contribution in [0.3, 0.4) is 0 Å². The Morgan fingerprint density at radius 3 is 2.38 bits per heavy atom. The van der Waals surface area contributed by atoms with Crippen LogP contribution in [0.5, 0.6) is 5.88 Å². The molecule has 1 heterocycles. The lowest BCUT2D eigenvalue weighted by atomic mass is 9.93. The molecule has 0 radical (unpaired) electrons. The zero-order valence-electron chi connectivity index (χ0n) is 18.6. The highest BCUT2D eigenvalue weighted by atomic mass is 127. The van der Waals surface area contributed by atoms with Crippen LogP contribution in [-0.4, -0.2) is 48.9 Å². The zero-order valence-corrected chi connectivity index (χ0v) is 20.9. The second kappa shape index (κ2) is 12.7. The van der Waals surface area contributed by atoms with Gasteiger partial charge in [0, 0.05) is 32.4 Å². The van der Waals surface area contributed by atoms with Gasteiger partial charge >= 0.3 is 6.09 Å². The summed E-state index contributed by atoms with van der Waals surface area (Å²) in [5, 5.41) is 9.59. The molecule has 1 rings (SSSR count). The molecule has 0 saturated heterocycles. The third-order valence-electron chi connectivity index (χ3n) is 4.41. The van der Waals surface area contributed by atoms with Gasteiger partial charge in [-0.2, -0.15) is 0 Å². The Kier molecular flexibility index (Phi) is 11.9. The maximum Gasteiger partial charge on any atom is 0.408 e. The topological polar surface area (TPSA) is 96.9 Å². The molecule has 1 aromatic rings. The number of rotatable bonds is 8. The lowest BCUT2D eigenvalue weighted by Gasteiger charge is -2.34. The van der Waals surface area contributed by atoms with Crippen molar-refractivity contribution in [1.82, 2.24) is 20.9 Å². The predicted molar refractivity (Wildman–Crippen MR) is 127 cm³/mol. The number of hydrogen-bond donors (Lipinski definition) is 3. The first-order valence-corrected chi connectivity index (χ1v) is 9.61. The van der Waals surface area contributed by atoms with E-state index in [0.29, 0.717) is 24.9 Å². The van der Waals surface area contributed by atoms with E-state index in [4.69, 9.17) is 9.47 Å². The van der Waals surface area contributed by atoms with E-state index in [9.17, 15) is 4.79 Å². The minimum Gasteiger partial charge on any atom is -0.481 e. The molecule has 8 nitrogen and oxygen atoms in total. The number of nitrogens with zero attached hydrogens (tertiary/aromatic N) is 2. The molecule has 0 spiro atoms. The van der Waals surface area contributed by atoms with E-state index < -0.39 is 17.2 Å². The second-order valence-electron chi connectivity index (χ2n) is 7.60. The van der Waals surface area contributed by atoms with Crippen LogP contribution in [0.4, 0.5) is 4.79 Å². The number of aliphatic imine (C=N–C) groups is 1. The molecule has 0 fully saturated rings. The van der Waals surface area contributed by atoms with Gasteiger partial charge in [0.1, 0.15) is 5.60 Å². The van der Waals surface area contributed by atoms with Crippen molar-refractivity contribution in [3.05, 3.63) is 23.9 Å². The van der Waals surface area contributed by atoms with Crippen LogP contribution >= 0.6 is 24.0 Å². The van der Waals surface area contributed by atoms with Crippen LogP contribution in [0.15, 0.2) is 23.3 Å². The van der Waals surface area contributed by atoms with Crippen LogP contribution in [-0.2, 0) is 11.3 Å². The van der Waals surface area contributed by atoms with Crippen LogP contribution < -0.4 is 20.7 Å². The Bertz CT molecular complexity index is 658. The summed E-state index contributed by atoms with van der Waals surface area (Å²) in [5.74, 6) is 1.22. The summed E-state index contributed by atoms with van der Waals surface area (Å²) in [6, 6.07) is 3.78. The van der Waals surface area contributed by atoms with E-state index in [0.717, 1.165) is 18.4 Å². The number of hydrogen-bond acceptors (Lipinski definition) is 5. The number of aromatic nitrogens is 1. The summed E-state index contributed by atoms with van der Waals surface area (Å²) in [4.78, 5) is 20.6. The standard InChI is InChI=1S/C20H35N5O3.HI/c1-8-20(9-2,25-18(26)28-19(3,4)5)14-24-17(21-6)23-13-15-10-11-22-16(12-15)27-7;/h10-12H,8-9,13-14H2,1-7H3,(H,25,26)(H2,21,23,24);1H. The normalized spacial score (nSPS) is 11.9. The van der Waals surface area contributed by atoms with Crippen molar-refractivity contribution in [2.75, 3.05) is 20.7 Å². The average Bonchev–Trinajstić information content (AvgIpc) is 2.65. The van der Waals surface area contributed by atoms with Crippen molar-refractivity contribution in [2.45, 2.75) is 65.1 Å². The Morgan fingerprint density at radius 2 is 1.86 bits per heavy atom. The molecule has 0 unspecified atom stereocenters. The highest BCUT2D eigenvalue weighted by Crippen LogP contribution is 2.16. The number of amides is 1. The first-order valence-electron chi connectivity index (χ1n) is 9.61. The molecule has 0 aliphatic carbocycles. The molecule has 3 N–H and O–H groups in total. The molecule has 0 bridgehead atoms. The third-order valence-corrected chi connectivity index (χ3v) is 4.41. The Morgan fingerprint density at radius 1 is 1.21 bits per heavy atom. The van der Waals surface area contributed by atoms with E-state index in [2.05, 4.69) is 25.9 Å². The highest BCUT2D eigenvalue weighted by molar-refractivity contribution is 14.0. The number of carbonyl (C=O) groups is 1. The number of guanidine groups is 1. The number of carbonyl (C=O) groups excluding carboxylic acids is 1. The van der Waals surface area contributed by atoms with E-state index in [1.807, 2.05) is 46.8 Å². The summed E-state index contributed by atoms with van der Waals surface area (Å²) in [6.45, 7) is 10.7. The molecule has 166 valence electrons. The van der Waals surface area contributed by atoms with Gasteiger partial charge in [-0.25, -0.2) is 9.78 Å². The van der Waals surface area contributed by atoms with E-state index in [-0.39, 0.29) is 24.0 Å². The van der Waals surface area contributed by atoms with Gasteiger partial charge in [0.05, 0.1) is 12.6 Å². The number of methoxy groups -OCH3 is 1. The second-order valence-corrected chi connectivity index (χ2v) is 7.60. The molecule has 1 amide bonds. The number of alkyl carbamates (subject to hydrolysis) is 1. The third kappa shape index (κ3) is 10.00. The highest BCUT2D eigenvalue weighted by Gasteiger charge is 2.30. The summed E-state index contributed by atoms with van der Waals surface area (Å²) < 4.78 is 10.6. The fraction of sp³-hybridized carbons (Fsp3) is 0.650. The molecule has 0 aliphatic rings. The van der Waals surface area contributed by atoms with Crippen molar-refractivity contribution >= 4 is 36.0 Å². The fourth-order valence-corrected chi connectivity index (χ4v) is 2.57. The minimum absolute atomic E-state index is 0. The van der Waals surface area contributed by atoms with Gasteiger partial charge in [-0.1, -0.05) is 13.8 Å². The maximum absolute atomic E-state index is 12.3. The predicted octanol–water partition coefficient (Wildman–Crippen LogP) is 3.46. The van der Waals surface area contributed by atoms with Crippen LogP contribution in [0.1, 0.15) is 53.0 Å². The smallest absolute Gasteiger partial charge is 0.408 e. The van der Waals surface area contributed by atoms with Crippen LogP contribution in [0.25, 0.3) is 0 Å². The van der Waals surface area contributed by atoms with Crippen molar-refractivity contribution in [3.8, 4) is 5.88 Å². The number of ether oxygens (including phenoxy) is 2. The SMILES string of the molecule is CCC(CC)(CNC(=NC)NCc1ccnc(OC)c1)NC(=O)OC(C)(C)C.I. The monoisotopic (exact) mass is 521 g/mol. The maximum atomic E-state index is 12.3. The van der Waals surface area contributed by atoms with Crippen LogP contribution in [0, 0.1) is 0 Å². The van der Waals surface area contributed by atoms with Crippen molar-refractivity contribution < 1.29 is 14.3 Å². The Labute approximate surface area is 191 Å². The van der Waals surface area contributed by atoms with Gasteiger partial charge in [-0.3, -0.25) is 4.99 Å². The van der Waals surface area contributed by atoms with Gasteiger partial charge in [0.15, 0.2) is 5.96 Å². The first-order chi connectivity index (χ1) is 13.2. The zero-order chi connectivity index (χ0) is 21.2. The summed E-state index contributed by atoms with van der Waals surface area (Å²) >= 11 is 0. The fourth-order valence-electron chi connectivity index (χ4n) is 2.57. The first kappa shape index (κ1) is 27.2. The van der Waals surface area contributed by atoms with E-state index in [1.165, 1.54) is 0 Å². The molecule has 9 heteroatoms. The largest absolute Gasteiger partial charge is 0.481 e. The lowest BCUT2D eigenvalue weighted by Crippen LogP contribution is -2.57. The molecular weight excluding hydrogens is 485 g/mol. The van der Waals surface area contributed by atoms with Crippen molar-refractivity contribution in [3.63, 3.8) is 0 Å². The quantitative estimate of drug-likeness (QED) is 0.276. The van der Waals surface area contributed by atoms with Crippen molar-refractivity contribution in [1.29, 1.82) is 0 Å².